The number of hydrogen-bond acceptors (Lipinski definition) is 4. The Balaban J connectivity index is 1.83. The monoisotopic (exact) mass is 342 g/mol. The summed E-state index contributed by atoms with van der Waals surface area (Å²) in [6, 6.07) is 8.28. The first-order chi connectivity index (χ1) is 11.9. The van der Waals surface area contributed by atoms with Gasteiger partial charge in [-0.05, 0) is 51.0 Å². The van der Waals surface area contributed by atoms with Gasteiger partial charge in [-0.2, -0.15) is 0 Å². The minimum atomic E-state index is -1.21. The predicted octanol–water partition coefficient (Wildman–Crippen LogP) is 3.58. The SMILES string of the molecule is CC(=O)C1C(=O)CC(CCc2cccc(C)c2)(C2CCCC2)OC1=O. The molecule has 4 nitrogen and oxygen atoms in total. The average Bonchev–Trinajstić information content (AvgIpc) is 3.07. The van der Waals surface area contributed by atoms with E-state index in [1.807, 2.05) is 6.07 Å². The van der Waals surface area contributed by atoms with Gasteiger partial charge in [0.05, 0.1) is 0 Å². The summed E-state index contributed by atoms with van der Waals surface area (Å²) in [4.78, 5) is 36.6. The Labute approximate surface area is 148 Å². The molecule has 25 heavy (non-hydrogen) atoms. The number of cyclic esters (lactones) is 1. The number of carbonyl (C=O) groups excluding carboxylic acids is 3. The second-order valence-electron chi connectivity index (χ2n) is 7.64. The van der Waals surface area contributed by atoms with Crippen molar-refractivity contribution < 1.29 is 19.1 Å². The van der Waals surface area contributed by atoms with Crippen LogP contribution in [0.2, 0.25) is 0 Å². The topological polar surface area (TPSA) is 60.4 Å². The molecule has 0 aromatic heterocycles. The zero-order valence-electron chi connectivity index (χ0n) is 15.0. The van der Waals surface area contributed by atoms with E-state index in [2.05, 4.69) is 25.1 Å². The first-order valence-corrected chi connectivity index (χ1v) is 9.23. The third-order valence-corrected chi connectivity index (χ3v) is 5.76. The van der Waals surface area contributed by atoms with Gasteiger partial charge >= 0.3 is 5.97 Å². The van der Waals surface area contributed by atoms with Gasteiger partial charge in [0.1, 0.15) is 5.60 Å². The number of aryl methyl sites for hydroxylation is 2. The third kappa shape index (κ3) is 3.68. The molecule has 2 fully saturated rings. The van der Waals surface area contributed by atoms with Crippen LogP contribution in [0.5, 0.6) is 0 Å². The van der Waals surface area contributed by atoms with E-state index in [1.165, 1.54) is 18.1 Å². The van der Waals surface area contributed by atoms with Crippen molar-refractivity contribution >= 4 is 17.5 Å². The Morgan fingerprint density at radius 2 is 1.96 bits per heavy atom. The van der Waals surface area contributed by atoms with Gasteiger partial charge in [-0.15, -0.1) is 0 Å². The van der Waals surface area contributed by atoms with Crippen LogP contribution in [0.4, 0.5) is 0 Å². The summed E-state index contributed by atoms with van der Waals surface area (Å²) < 4.78 is 5.87. The summed E-state index contributed by atoms with van der Waals surface area (Å²) in [5.74, 6) is -2.31. The van der Waals surface area contributed by atoms with Crippen molar-refractivity contribution in [2.75, 3.05) is 0 Å². The fourth-order valence-electron chi connectivity index (χ4n) is 4.46. The van der Waals surface area contributed by atoms with E-state index in [-0.39, 0.29) is 18.1 Å². The molecule has 1 aromatic carbocycles. The molecule has 2 unspecified atom stereocenters. The Kier molecular flexibility index (Phi) is 5.07. The van der Waals surface area contributed by atoms with Crippen LogP contribution in [0.15, 0.2) is 24.3 Å². The lowest BCUT2D eigenvalue weighted by Crippen LogP contribution is -2.53. The lowest BCUT2D eigenvalue weighted by atomic mass is 9.73. The van der Waals surface area contributed by atoms with Gasteiger partial charge in [0.2, 0.25) is 0 Å². The third-order valence-electron chi connectivity index (χ3n) is 5.76. The lowest BCUT2D eigenvalue weighted by Gasteiger charge is -2.42. The predicted molar refractivity (Wildman–Crippen MR) is 94.1 cm³/mol. The highest BCUT2D eigenvalue weighted by Gasteiger charge is 2.52. The van der Waals surface area contributed by atoms with Crippen LogP contribution in [0, 0.1) is 18.8 Å². The van der Waals surface area contributed by atoms with Crippen molar-refractivity contribution in [3.05, 3.63) is 35.4 Å². The van der Waals surface area contributed by atoms with Crippen LogP contribution < -0.4 is 0 Å². The van der Waals surface area contributed by atoms with Crippen LogP contribution in [0.3, 0.4) is 0 Å². The van der Waals surface area contributed by atoms with Gasteiger partial charge in [0, 0.05) is 6.42 Å². The summed E-state index contributed by atoms with van der Waals surface area (Å²) in [6.45, 7) is 3.34. The molecule has 3 rings (SSSR count). The molecule has 1 saturated heterocycles. The number of rotatable bonds is 5. The average molecular weight is 342 g/mol. The fourth-order valence-corrected chi connectivity index (χ4v) is 4.46. The standard InChI is InChI=1S/C21H26O4/c1-14-6-5-7-16(12-14)10-11-21(17-8-3-4-9-17)13-18(23)19(15(2)22)20(24)25-21/h5-7,12,17,19H,3-4,8-11,13H2,1-2H3. The van der Waals surface area contributed by atoms with Crippen molar-refractivity contribution in [1.82, 2.24) is 0 Å². The summed E-state index contributed by atoms with van der Waals surface area (Å²) in [6.07, 6.45) is 5.78. The van der Waals surface area contributed by atoms with E-state index in [0.717, 1.165) is 32.1 Å². The normalized spacial score (nSPS) is 27.4. The summed E-state index contributed by atoms with van der Waals surface area (Å²) >= 11 is 0. The largest absolute Gasteiger partial charge is 0.457 e. The van der Waals surface area contributed by atoms with Crippen molar-refractivity contribution in [2.45, 2.75) is 64.4 Å². The molecule has 134 valence electrons. The quantitative estimate of drug-likeness (QED) is 0.606. The zero-order valence-corrected chi connectivity index (χ0v) is 15.0. The van der Waals surface area contributed by atoms with Crippen molar-refractivity contribution in [2.24, 2.45) is 11.8 Å². The van der Waals surface area contributed by atoms with Crippen molar-refractivity contribution in [3.8, 4) is 0 Å². The van der Waals surface area contributed by atoms with Crippen molar-refractivity contribution in [3.63, 3.8) is 0 Å². The highest BCUT2D eigenvalue weighted by atomic mass is 16.6. The fraction of sp³-hybridized carbons (Fsp3) is 0.571. The number of hydrogen-bond donors (Lipinski definition) is 0. The van der Waals surface area contributed by atoms with Gasteiger partial charge in [-0.3, -0.25) is 14.4 Å². The maximum absolute atomic E-state index is 12.6. The molecule has 1 aromatic rings. The van der Waals surface area contributed by atoms with Gasteiger partial charge < -0.3 is 4.74 Å². The highest BCUT2D eigenvalue weighted by Crippen LogP contribution is 2.44. The van der Waals surface area contributed by atoms with E-state index in [1.54, 1.807) is 0 Å². The van der Waals surface area contributed by atoms with Gasteiger partial charge in [0.15, 0.2) is 17.5 Å². The Morgan fingerprint density at radius 3 is 2.56 bits per heavy atom. The second-order valence-corrected chi connectivity index (χ2v) is 7.64. The minimum absolute atomic E-state index is 0.180. The van der Waals surface area contributed by atoms with E-state index < -0.39 is 23.3 Å². The van der Waals surface area contributed by atoms with Crippen LogP contribution >= 0.6 is 0 Å². The summed E-state index contributed by atoms with van der Waals surface area (Å²) in [5, 5.41) is 0. The smallest absolute Gasteiger partial charge is 0.324 e. The highest BCUT2D eigenvalue weighted by molar-refractivity contribution is 6.18. The van der Waals surface area contributed by atoms with E-state index in [9.17, 15) is 14.4 Å². The zero-order chi connectivity index (χ0) is 18.0. The minimum Gasteiger partial charge on any atom is -0.457 e. The first-order valence-electron chi connectivity index (χ1n) is 9.23. The van der Waals surface area contributed by atoms with Gasteiger partial charge in [-0.25, -0.2) is 0 Å². The number of Topliss-reactive ketones (excluding diaryl/α,β-unsaturated/α-hetero) is 2. The van der Waals surface area contributed by atoms with E-state index >= 15 is 0 Å². The molecule has 1 heterocycles. The lowest BCUT2D eigenvalue weighted by molar-refractivity contribution is -0.186. The molecule has 2 atom stereocenters. The van der Waals surface area contributed by atoms with Crippen LogP contribution in [-0.4, -0.2) is 23.1 Å². The summed E-state index contributed by atoms with van der Waals surface area (Å²) in [7, 11) is 0. The van der Waals surface area contributed by atoms with E-state index in [0.29, 0.717) is 6.42 Å². The Morgan fingerprint density at radius 1 is 1.24 bits per heavy atom. The molecule has 0 amide bonds. The molecular formula is C21H26O4. The maximum Gasteiger partial charge on any atom is 0.324 e. The van der Waals surface area contributed by atoms with Gasteiger partial charge in [0.25, 0.3) is 0 Å². The maximum atomic E-state index is 12.6. The van der Waals surface area contributed by atoms with Crippen molar-refractivity contribution in [1.29, 1.82) is 0 Å². The Bertz CT molecular complexity index is 667. The number of esters is 1. The number of benzene rings is 1. The molecule has 2 aliphatic rings. The first kappa shape index (κ1) is 17.8. The molecule has 0 bridgehead atoms. The van der Waals surface area contributed by atoms with Crippen LogP contribution in [0.25, 0.3) is 0 Å². The number of ether oxygens (including phenoxy) is 1. The molecule has 0 spiro atoms. The molecule has 1 aliphatic heterocycles. The molecule has 0 radical (unpaired) electrons. The van der Waals surface area contributed by atoms with Crippen LogP contribution in [-0.2, 0) is 25.5 Å². The molecular weight excluding hydrogens is 316 g/mol. The van der Waals surface area contributed by atoms with Gasteiger partial charge in [-0.1, -0.05) is 42.7 Å². The second kappa shape index (κ2) is 7.11. The molecule has 0 N–H and O–H groups in total. The van der Waals surface area contributed by atoms with Crippen LogP contribution in [0.1, 0.15) is 56.6 Å². The number of carbonyl (C=O) groups is 3. The Hall–Kier alpha value is -1.97. The summed E-state index contributed by atoms with van der Waals surface area (Å²) in [5.41, 5.74) is 1.65. The van der Waals surface area contributed by atoms with E-state index in [4.69, 9.17) is 4.74 Å². The molecule has 1 aliphatic carbocycles. The number of ketones is 2. The molecule has 4 heteroatoms. The molecule has 1 saturated carbocycles.